The van der Waals surface area contributed by atoms with Crippen LogP contribution in [-0.4, -0.2) is 7.11 Å². The van der Waals surface area contributed by atoms with Crippen molar-refractivity contribution in [2.24, 2.45) is 5.92 Å². The van der Waals surface area contributed by atoms with Gasteiger partial charge in [0.1, 0.15) is 11.6 Å². The Labute approximate surface area is 158 Å². The topological polar surface area (TPSA) is 9.23 Å². The maximum Gasteiger partial charge on any atom is 0.166 e. The highest BCUT2D eigenvalue weighted by Gasteiger charge is 2.23. The van der Waals surface area contributed by atoms with Gasteiger partial charge >= 0.3 is 0 Å². The van der Waals surface area contributed by atoms with E-state index in [9.17, 15) is 13.2 Å². The summed E-state index contributed by atoms with van der Waals surface area (Å²) < 4.78 is 47.3. The van der Waals surface area contributed by atoms with Gasteiger partial charge in [0.05, 0.1) is 7.11 Å². The Kier molecular flexibility index (Phi) is 6.25. The molecule has 1 fully saturated rings. The largest absolute Gasteiger partial charge is 0.497 e. The van der Waals surface area contributed by atoms with Gasteiger partial charge in [-0.25, -0.2) is 13.2 Å². The number of ether oxygens (including phenoxy) is 1. The van der Waals surface area contributed by atoms with Crippen LogP contribution in [0.25, 0.3) is 6.08 Å². The van der Waals surface area contributed by atoms with E-state index in [1.807, 2.05) is 12.1 Å². The maximum absolute atomic E-state index is 14.3. The van der Waals surface area contributed by atoms with Crippen LogP contribution in [0.5, 0.6) is 5.75 Å². The summed E-state index contributed by atoms with van der Waals surface area (Å²) in [5.41, 5.74) is 1.42. The third-order valence-electron chi connectivity index (χ3n) is 5.54. The average molecular weight is 374 g/mol. The normalized spacial score (nSPS) is 20.2. The van der Waals surface area contributed by atoms with Crippen molar-refractivity contribution in [1.82, 2.24) is 0 Å². The summed E-state index contributed by atoms with van der Waals surface area (Å²) in [6.45, 7) is 1.80. The second-order valence-electron chi connectivity index (χ2n) is 7.15. The first kappa shape index (κ1) is 19.5. The molecular formula is C23H25F3O. The zero-order valence-corrected chi connectivity index (χ0v) is 15.8. The average Bonchev–Trinajstić information content (AvgIpc) is 2.69. The summed E-state index contributed by atoms with van der Waals surface area (Å²) in [5, 5.41) is 0. The Morgan fingerprint density at radius 1 is 1.00 bits per heavy atom. The van der Waals surface area contributed by atoms with Crippen molar-refractivity contribution < 1.29 is 17.9 Å². The number of rotatable bonds is 5. The molecule has 0 aromatic heterocycles. The molecule has 0 heterocycles. The number of hydrogen-bond acceptors (Lipinski definition) is 1. The van der Waals surface area contributed by atoms with E-state index in [-0.39, 0.29) is 17.3 Å². The van der Waals surface area contributed by atoms with Crippen molar-refractivity contribution in [3.63, 3.8) is 0 Å². The molecule has 27 heavy (non-hydrogen) atoms. The lowest BCUT2D eigenvalue weighted by molar-refractivity contribution is 0.367. The Bertz CT molecular complexity index is 821. The van der Waals surface area contributed by atoms with E-state index < -0.39 is 11.6 Å². The summed E-state index contributed by atoms with van der Waals surface area (Å²) in [7, 11) is 1.52. The Hall–Kier alpha value is -2.23. The van der Waals surface area contributed by atoms with Crippen LogP contribution < -0.4 is 4.74 Å². The second-order valence-corrected chi connectivity index (χ2v) is 7.15. The molecule has 1 saturated carbocycles. The van der Waals surface area contributed by atoms with E-state index in [0.29, 0.717) is 23.7 Å². The second kappa shape index (κ2) is 8.64. The molecule has 2 aromatic carbocycles. The molecule has 1 nitrogen and oxygen atoms in total. The Morgan fingerprint density at radius 3 is 2.37 bits per heavy atom. The smallest absolute Gasteiger partial charge is 0.166 e. The van der Waals surface area contributed by atoms with Crippen molar-refractivity contribution in [3.05, 3.63) is 70.5 Å². The molecule has 4 heteroatoms. The molecule has 1 aliphatic carbocycles. The minimum Gasteiger partial charge on any atom is -0.497 e. The number of methoxy groups -OCH3 is 1. The molecule has 0 radical (unpaired) electrons. The zero-order chi connectivity index (χ0) is 19.4. The number of aryl methyl sites for hydroxylation is 1. The predicted molar refractivity (Wildman–Crippen MR) is 102 cm³/mol. The number of benzene rings is 2. The molecule has 144 valence electrons. The highest BCUT2D eigenvalue weighted by molar-refractivity contribution is 5.51. The quantitative estimate of drug-likeness (QED) is 0.568. The third-order valence-corrected chi connectivity index (χ3v) is 5.54. The van der Waals surface area contributed by atoms with E-state index in [2.05, 4.69) is 0 Å². The van der Waals surface area contributed by atoms with Gasteiger partial charge in [0.15, 0.2) is 11.6 Å². The van der Waals surface area contributed by atoms with Gasteiger partial charge in [-0.05, 0) is 61.1 Å². The fourth-order valence-electron chi connectivity index (χ4n) is 3.83. The molecule has 0 aliphatic heterocycles. The molecule has 0 bridgehead atoms. The highest BCUT2D eigenvalue weighted by Crippen LogP contribution is 2.38. The number of allylic oxidation sites excluding steroid dienone is 1. The molecule has 0 N–H and O–H groups in total. The van der Waals surface area contributed by atoms with Crippen LogP contribution in [0.2, 0.25) is 0 Å². The molecule has 2 aromatic rings. The number of halogens is 3. The molecule has 0 spiro atoms. The van der Waals surface area contributed by atoms with Crippen LogP contribution in [0.15, 0.2) is 36.4 Å². The van der Waals surface area contributed by atoms with Gasteiger partial charge in [0, 0.05) is 11.6 Å². The molecule has 1 aliphatic rings. The standard InChI is InChI=1S/C23H25F3O/c1-3-16-10-11-18(23(26)22(16)25)9-6-15-4-7-17(8-5-15)20-13-12-19(27-2)14-21(20)24/h6,9-15,17H,3-5,7-8H2,1-2H3. The molecule has 0 amide bonds. The summed E-state index contributed by atoms with van der Waals surface area (Å²) in [5.74, 6) is -0.731. The van der Waals surface area contributed by atoms with Crippen molar-refractivity contribution in [2.45, 2.75) is 44.9 Å². The van der Waals surface area contributed by atoms with E-state index in [4.69, 9.17) is 4.74 Å². The maximum atomic E-state index is 14.3. The lowest BCUT2D eigenvalue weighted by Gasteiger charge is -2.27. The van der Waals surface area contributed by atoms with E-state index in [1.54, 1.807) is 31.2 Å². The Balaban J connectivity index is 1.63. The molecular weight excluding hydrogens is 349 g/mol. The van der Waals surface area contributed by atoms with Crippen molar-refractivity contribution in [2.75, 3.05) is 7.11 Å². The Morgan fingerprint density at radius 2 is 1.74 bits per heavy atom. The SMILES string of the molecule is CCc1ccc(C=CC2CCC(c3ccc(OC)cc3F)CC2)c(F)c1F. The van der Waals surface area contributed by atoms with Crippen molar-refractivity contribution >= 4 is 6.08 Å². The van der Waals surface area contributed by atoms with Crippen LogP contribution in [-0.2, 0) is 6.42 Å². The molecule has 3 rings (SSSR count). The van der Waals surface area contributed by atoms with Gasteiger partial charge in [0.2, 0.25) is 0 Å². The zero-order valence-electron chi connectivity index (χ0n) is 15.8. The van der Waals surface area contributed by atoms with Crippen molar-refractivity contribution in [1.29, 1.82) is 0 Å². The summed E-state index contributed by atoms with van der Waals surface area (Å²) in [4.78, 5) is 0. The highest BCUT2D eigenvalue weighted by atomic mass is 19.2. The van der Waals surface area contributed by atoms with Gasteiger partial charge in [-0.15, -0.1) is 0 Å². The van der Waals surface area contributed by atoms with Gasteiger partial charge in [-0.2, -0.15) is 0 Å². The van der Waals surface area contributed by atoms with Gasteiger partial charge in [-0.1, -0.05) is 37.3 Å². The van der Waals surface area contributed by atoms with E-state index in [1.165, 1.54) is 13.2 Å². The minimum absolute atomic E-state index is 0.193. The summed E-state index contributed by atoms with van der Waals surface area (Å²) in [6.07, 6.45) is 7.68. The third kappa shape index (κ3) is 4.37. The fraction of sp³-hybridized carbons (Fsp3) is 0.391. The monoisotopic (exact) mass is 374 g/mol. The predicted octanol–water partition coefficient (Wildman–Crippen LogP) is 6.66. The first-order valence-corrected chi connectivity index (χ1v) is 9.52. The first-order chi connectivity index (χ1) is 13.0. The van der Waals surface area contributed by atoms with E-state index in [0.717, 1.165) is 31.2 Å². The minimum atomic E-state index is -0.778. The molecule has 0 saturated heterocycles. The fourth-order valence-corrected chi connectivity index (χ4v) is 3.83. The van der Waals surface area contributed by atoms with Crippen molar-refractivity contribution in [3.8, 4) is 5.75 Å². The number of hydrogen-bond donors (Lipinski definition) is 0. The summed E-state index contributed by atoms with van der Waals surface area (Å²) in [6, 6.07) is 8.30. The van der Waals surface area contributed by atoms with Crippen LogP contribution in [0.4, 0.5) is 13.2 Å². The van der Waals surface area contributed by atoms with Crippen LogP contribution >= 0.6 is 0 Å². The molecule has 0 unspecified atom stereocenters. The summed E-state index contributed by atoms with van der Waals surface area (Å²) >= 11 is 0. The first-order valence-electron chi connectivity index (χ1n) is 9.52. The van der Waals surface area contributed by atoms with Crippen LogP contribution in [0.1, 0.15) is 55.2 Å². The molecule has 0 atom stereocenters. The lowest BCUT2D eigenvalue weighted by atomic mass is 9.78. The van der Waals surface area contributed by atoms with Gasteiger partial charge < -0.3 is 4.74 Å². The van der Waals surface area contributed by atoms with Crippen LogP contribution in [0, 0.1) is 23.4 Å². The van der Waals surface area contributed by atoms with E-state index >= 15 is 0 Å². The van der Waals surface area contributed by atoms with Gasteiger partial charge in [-0.3, -0.25) is 0 Å². The lowest BCUT2D eigenvalue weighted by Crippen LogP contribution is -2.13. The van der Waals surface area contributed by atoms with Gasteiger partial charge in [0.25, 0.3) is 0 Å². The van der Waals surface area contributed by atoms with Crippen LogP contribution in [0.3, 0.4) is 0 Å².